The van der Waals surface area contributed by atoms with Crippen molar-refractivity contribution < 1.29 is 0 Å². The summed E-state index contributed by atoms with van der Waals surface area (Å²) >= 11 is 0. The first-order valence-electron chi connectivity index (χ1n) is 5.31. The molecule has 0 aliphatic carbocycles. The summed E-state index contributed by atoms with van der Waals surface area (Å²) in [6.45, 7) is 4.00. The van der Waals surface area contributed by atoms with Gasteiger partial charge in [0.05, 0.1) is 5.52 Å². The number of benzene rings is 1. The monoisotopic (exact) mass is 213 g/mol. The number of anilines is 1. The molecule has 0 saturated heterocycles. The average Bonchev–Trinajstić information content (AvgIpc) is 2.65. The Morgan fingerprint density at radius 2 is 2.00 bits per heavy atom. The number of nitrogens with one attached hydrogen (secondary N) is 1. The maximum Gasteiger partial charge on any atom is 0.128 e. The summed E-state index contributed by atoms with van der Waals surface area (Å²) in [5.41, 5.74) is 10.1. The van der Waals surface area contributed by atoms with E-state index in [1.54, 1.807) is 0 Å². The molecule has 0 aliphatic heterocycles. The number of H-pyrrole nitrogens is 1. The molecule has 2 aromatic heterocycles. The number of rotatable bonds is 0. The van der Waals surface area contributed by atoms with Gasteiger partial charge in [0.1, 0.15) is 5.82 Å². The van der Waals surface area contributed by atoms with Gasteiger partial charge in [0.2, 0.25) is 0 Å². The van der Waals surface area contributed by atoms with Crippen LogP contribution in [0.3, 0.4) is 0 Å². The highest BCUT2D eigenvalue weighted by Gasteiger charge is 2.11. The van der Waals surface area contributed by atoms with E-state index >= 15 is 0 Å². The molecule has 3 aromatic rings. The topological polar surface area (TPSA) is 54.7 Å². The number of aromatic amines is 1. The number of aromatic nitrogens is 2. The van der Waals surface area contributed by atoms with Crippen LogP contribution in [0.15, 0.2) is 24.3 Å². The van der Waals surface area contributed by atoms with Gasteiger partial charge in [-0.15, -0.1) is 0 Å². The molecule has 1 aromatic carbocycles. The Balaban J connectivity index is 2.64. The standard InChI is InChI=1S/C13H13N3/c1-7-12-11(8(2)15-13(7)14)9-5-3-4-6-10(9)16-12/h3-6,16H,1-2H3,(H2,14,15)/i13+2. The van der Waals surface area contributed by atoms with Crippen LogP contribution in [0.2, 0.25) is 0 Å². The number of hydrogen-bond donors (Lipinski definition) is 2. The second-order valence-electron chi connectivity index (χ2n) is 4.13. The molecule has 0 saturated carbocycles. The van der Waals surface area contributed by atoms with E-state index in [4.69, 9.17) is 5.73 Å². The molecular formula is C13H13N3. The number of para-hydroxylation sites is 1. The predicted octanol–water partition coefficient (Wildman–Crippen LogP) is 2.92. The zero-order valence-electron chi connectivity index (χ0n) is 9.33. The summed E-state index contributed by atoms with van der Waals surface area (Å²) in [6.07, 6.45) is 0. The molecule has 0 spiro atoms. The molecule has 0 unspecified atom stereocenters. The lowest BCUT2D eigenvalue weighted by Crippen LogP contribution is -1.96. The van der Waals surface area contributed by atoms with Crippen LogP contribution >= 0.6 is 0 Å². The predicted molar refractivity (Wildman–Crippen MR) is 67.5 cm³/mol. The van der Waals surface area contributed by atoms with Crippen LogP contribution in [0.1, 0.15) is 11.3 Å². The van der Waals surface area contributed by atoms with Crippen LogP contribution in [-0.4, -0.2) is 9.97 Å². The Bertz CT molecular complexity index is 695. The van der Waals surface area contributed by atoms with Gasteiger partial charge < -0.3 is 10.7 Å². The van der Waals surface area contributed by atoms with E-state index in [0.717, 1.165) is 22.3 Å². The van der Waals surface area contributed by atoms with E-state index in [1.165, 1.54) is 10.8 Å². The van der Waals surface area contributed by atoms with Crippen molar-refractivity contribution in [3.05, 3.63) is 35.5 Å². The second-order valence-corrected chi connectivity index (χ2v) is 4.13. The first-order chi connectivity index (χ1) is 7.68. The highest BCUT2D eigenvalue weighted by Crippen LogP contribution is 2.30. The van der Waals surface area contributed by atoms with E-state index in [1.807, 2.05) is 26.0 Å². The molecule has 16 heavy (non-hydrogen) atoms. The van der Waals surface area contributed by atoms with Gasteiger partial charge >= 0.3 is 0 Å². The summed E-state index contributed by atoms with van der Waals surface area (Å²) in [5, 5.41) is 2.40. The molecule has 3 N–H and O–H groups in total. The molecular weight excluding hydrogens is 200 g/mol. The molecule has 0 atom stereocenters. The molecule has 80 valence electrons. The maximum atomic E-state index is 5.88. The Morgan fingerprint density at radius 3 is 2.81 bits per heavy atom. The number of fused-ring (bicyclic) bond motifs is 3. The Morgan fingerprint density at radius 1 is 1.25 bits per heavy atom. The van der Waals surface area contributed by atoms with Gasteiger partial charge in [0.25, 0.3) is 0 Å². The fourth-order valence-corrected chi connectivity index (χ4v) is 2.25. The van der Waals surface area contributed by atoms with Crippen molar-refractivity contribution in [3.8, 4) is 0 Å². The first kappa shape index (κ1) is 9.21. The largest absolute Gasteiger partial charge is 0.383 e. The van der Waals surface area contributed by atoms with Crippen molar-refractivity contribution in [2.24, 2.45) is 0 Å². The van der Waals surface area contributed by atoms with Gasteiger partial charge in [-0.3, -0.25) is 0 Å². The highest BCUT2D eigenvalue weighted by atomic mass is 15.5. The molecule has 0 aliphatic rings. The molecule has 3 nitrogen and oxygen atoms in total. The lowest BCUT2D eigenvalue weighted by molar-refractivity contribution is 1.22. The first-order valence-corrected chi connectivity index (χ1v) is 5.31. The minimum atomic E-state index is 0.608. The normalized spacial score (nSPS) is 11.4. The zero-order chi connectivity index (χ0) is 11.3. The third kappa shape index (κ3) is 1.05. The van der Waals surface area contributed by atoms with Crippen LogP contribution in [-0.2, 0) is 0 Å². The summed E-state index contributed by atoms with van der Waals surface area (Å²) in [5.74, 6) is 0.608. The van der Waals surface area contributed by atoms with Crippen LogP contribution in [0.4, 0.5) is 5.82 Å². The van der Waals surface area contributed by atoms with E-state index in [-0.39, 0.29) is 0 Å². The van der Waals surface area contributed by atoms with Crippen molar-refractivity contribution in [1.29, 1.82) is 0 Å². The van der Waals surface area contributed by atoms with Gasteiger partial charge in [0, 0.05) is 27.5 Å². The second kappa shape index (κ2) is 2.98. The fourth-order valence-electron chi connectivity index (χ4n) is 2.25. The molecule has 0 bridgehead atoms. The van der Waals surface area contributed by atoms with Gasteiger partial charge in [-0.25, -0.2) is 4.98 Å². The molecule has 3 heteroatoms. The van der Waals surface area contributed by atoms with Crippen LogP contribution in [0, 0.1) is 13.8 Å². The number of nitrogen functional groups attached to an aromatic ring is 1. The van der Waals surface area contributed by atoms with Gasteiger partial charge in [0.15, 0.2) is 0 Å². The third-order valence-electron chi connectivity index (χ3n) is 3.12. The summed E-state index contributed by atoms with van der Waals surface area (Å²) < 4.78 is 0. The SMILES string of the molecule is Cc1n[14c](N)c(C)c2[nH]c3ccccc3c12. The Hall–Kier alpha value is -2.03. The lowest BCUT2D eigenvalue weighted by atomic mass is 10.1. The molecule has 0 radical (unpaired) electrons. The highest BCUT2D eigenvalue weighted by molar-refractivity contribution is 6.10. The van der Waals surface area contributed by atoms with Crippen molar-refractivity contribution in [2.75, 3.05) is 5.73 Å². The Kier molecular flexibility index (Phi) is 1.72. The van der Waals surface area contributed by atoms with Crippen molar-refractivity contribution in [2.45, 2.75) is 13.8 Å². The summed E-state index contributed by atoms with van der Waals surface area (Å²) in [6, 6.07) is 8.25. The Labute approximate surface area is 93.3 Å². The number of aryl methyl sites for hydroxylation is 2. The van der Waals surface area contributed by atoms with Gasteiger partial charge in [-0.1, -0.05) is 18.2 Å². The minimum absolute atomic E-state index is 0.608. The average molecular weight is 213 g/mol. The lowest BCUT2D eigenvalue weighted by Gasteiger charge is -2.03. The quantitative estimate of drug-likeness (QED) is 0.603. The van der Waals surface area contributed by atoms with E-state index in [0.29, 0.717) is 5.82 Å². The van der Waals surface area contributed by atoms with Gasteiger partial charge in [-0.05, 0) is 19.9 Å². The van der Waals surface area contributed by atoms with E-state index in [9.17, 15) is 0 Å². The molecule has 0 amide bonds. The molecule has 3 rings (SSSR count). The van der Waals surface area contributed by atoms with Crippen LogP contribution in [0.5, 0.6) is 0 Å². The molecule has 0 fully saturated rings. The smallest absolute Gasteiger partial charge is 0.128 e. The maximum absolute atomic E-state index is 5.88. The molecule has 2 heterocycles. The fraction of sp³-hybridized carbons (Fsp3) is 0.154. The zero-order valence-corrected chi connectivity index (χ0v) is 9.33. The van der Waals surface area contributed by atoms with E-state index in [2.05, 4.69) is 22.1 Å². The number of nitrogens with two attached hydrogens (primary N) is 1. The van der Waals surface area contributed by atoms with Gasteiger partial charge in [-0.2, -0.15) is 0 Å². The number of pyridine rings is 1. The van der Waals surface area contributed by atoms with Crippen molar-refractivity contribution >= 4 is 27.6 Å². The van der Waals surface area contributed by atoms with E-state index < -0.39 is 0 Å². The number of nitrogens with zero attached hydrogens (tertiary/aromatic N) is 1. The van der Waals surface area contributed by atoms with Crippen molar-refractivity contribution in [3.63, 3.8) is 0 Å². The minimum Gasteiger partial charge on any atom is -0.383 e. The van der Waals surface area contributed by atoms with Crippen molar-refractivity contribution in [1.82, 2.24) is 9.97 Å². The summed E-state index contributed by atoms with van der Waals surface area (Å²) in [7, 11) is 0. The summed E-state index contributed by atoms with van der Waals surface area (Å²) in [4.78, 5) is 7.79. The van der Waals surface area contributed by atoms with Crippen LogP contribution in [0.25, 0.3) is 21.8 Å². The number of hydrogen-bond acceptors (Lipinski definition) is 2. The third-order valence-corrected chi connectivity index (χ3v) is 3.12. The van der Waals surface area contributed by atoms with Crippen LogP contribution < -0.4 is 5.73 Å².